The van der Waals surface area contributed by atoms with Crippen molar-refractivity contribution in [3.8, 4) is 5.75 Å². The van der Waals surface area contributed by atoms with Gasteiger partial charge < -0.3 is 9.84 Å². The summed E-state index contributed by atoms with van der Waals surface area (Å²) in [5.74, 6) is -1.20. The van der Waals surface area contributed by atoms with Gasteiger partial charge in [0.1, 0.15) is 11.6 Å². The predicted octanol–water partition coefficient (Wildman–Crippen LogP) is 2.95. The normalized spacial score (nSPS) is 10.4. The number of rotatable bonds is 5. The molecule has 1 aromatic heterocycles. The zero-order chi connectivity index (χ0) is 15.6. The molecule has 1 aromatic carbocycles. The van der Waals surface area contributed by atoms with Crippen molar-refractivity contribution in [2.45, 2.75) is 20.5 Å². The number of nitro benzene ring substituents is 1. The number of hydrogen-bond donors (Lipinski definition) is 1. The third-order valence-corrected chi connectivity index (χ3v) is 3.87. The van der Waals surface area contributed by atoms with Gasteiger partial charge in [0.05, 0.1) is 16.2 Å². The number of ether oxygens (including phenoxy) is 1. The predicted molar refractivity (Wildman–Crippen MR) is 76.0 cm³/mol. The van der Waals surface area contributed by atoms with E-state index in [-0.39, 0.29) is 23.6 Å². The van der Waals surface area contributed by atoms with Crippen LogP contribution in [0.1, 0.15) is 25.9 Å². The lowest BCUT2D eigenvalue weighted by molar-refractivity contribution is -0.386. The zero-order valence-electron chi connectivity index (χ0n) is 11.3. The van der Waals surface area contributed by atoms with Crippen molar-refractivity contribution in [1.29, 1.82) is 0 Å². The van der Waals surface area contributed by atoms with Gasteiger partial charge >= 0.3 is 11.7 Å². The monoisotopic (exact) mass is 308 g/mol. The number of nitrogens with zero attached hydrogens (tertiary/aromatic N) is 2. The molecule has 0 radical (unpaired) electrons. The molecule has 0 fully saturated rings. The van der Waals surface area contributed by atoms with Gasteiger partial charge in [0, 0.05) is 10.9 Å². The Kier molecular flexibility index (Phi) is 4.18. The van der Waals surface area contributed by atoms with E-state index in [1.165, 1.54) is 23.5 Å². The van der Waals surface area contributed by atoms with Crippen LogP contribution in [0.4, 0.5) is 5.69 Å². The summed E-state index contributed by atoms with van der Waals surface area (Å²) in [4.78, 5) is 26.5. The second-order valence-electron chi connectivity index (χ2n) is 4.28. The Labute approximate surface area is 124 Å². The molecule has 2 rings (SSSR count). The smallest absolute Gasteiger partial charge is 0.335 e. The number of aromatic nitrogens is 1. The van der Waals surface area contributed by atoms with E-state index in [0.29, 0.717) is 5.01 Å². The van der Waals surface area contributed by atoms with Crippen LogP contribution in [0.2, 0.25) is 0 Å². The van der Waals surface area contributed by atoms with Crippen LogP contribution in [0.5, 0.6) is 5.75 Å². The Morgan fingerprint density at radius 2 is 2.19 bits per heavy atom. The molecule has 0 aliphatic heterocycles. The molecule has 0 aliphatic rings. The molecule has 21 heavy (non-hydrogen) atoms. The van der Waals surface area contributed by atoms with Crippen molar-refractivity contribution in [2.24, 2.45) is 0 Å². The topological polar surface area (TPSA) is 103 Å². The van der Waals surface area contributed by atoms with Crippen molar-refractivity contribution < 1.29 is 19.6 Å². The van der Waals surface area contributed by atoms with Crippen molar-refractivity contribution in [3.05, 3.63) is 49.5 Å². The molecule has 8 heteroatoms. The van der Waals surface area contributed by atoms with Gasteiger partial charge in [0.2, 0.25) is 0 Å². The number of carboxylic acid groups (broad SMARTS) is 1. The number of benzene rings is 1. The number of hydrogen-bond acceptors (Lipinski definition) is 6. The maximum absolute atomic E-state index is 11.0. The molecule has 2 aromatic rings. The highest BCUT2D eigenvalue weighted by Gasteiger charge is 2.19. The van der Waals surface area contributed by atoms with Gasteiger partial charge in [-0.3, -0.25) is 10.1 Å². The van der Waals surface area contributed by atoms with Gasteiger partial charge in [-0.2, -0.15) is 0 Å². The van der Waals surface area contributed by atoms with E-state index in [9.17, 15) is 14.9 Å². The lowest BCUT2D eigenvalue weighted by Gasteiger charge is -2.05. The first-order valence-electron chi connectivity index (χ1n) is 5.96. The summed E-state index contributed by atoms with van der Waals surface area (Å²) in [6.45, 7) is 3.91. The molecule has 0 bridgehead atoms. The molecule has 0 atom stereocenters. The van der Waals surface area contributed by atoms with Gasteiger partial charge in [-0.05, 0) is 26.0 Å². The largest absolute Gasteiger partial charge is 0.479 e. The van der Waals surface area contributed by atoms with Gasteiger partial charge in [-0.25, -0.2) is 9.78 Å². The molecule has 7 nitrogen and oxygen atoms in total. The molecule has 110 valence electrons. The number of aryl methyl sites for hydroxylation is 2. The number of carboxylic acids is 1. The van der Waals surface area contributed by atoms with Crippen LogP contribution < -0.4 is 4.74 Å². The Morgan fingerprint density at radius 1 is 1.48 bits per heavy atom. The number of thiazole rings is 1. The van der Waals surface area contributed by atoms with Crippen LogP contribution in [-0.2, 0) is 6.61 Å². The summed E-state index contributed by atoms with van der Waals surface area (Å²) in [5, 5.41) is 20.5. The molecular formula is C13H12N2O5S. The minimum Gasteiger partial charge on any atom is -0.479 e. The fourth-order valence-electron chi connectivity index (χ4n) is 1.66. The molecule has 0 spiro atoms. The highest BCUT2D eigenvalue weighted by Crippen LogP contribution is 2.29. The Balaban J connectivity index is 2.23. The molecule has 0 unspecified atom stereocenters. The first-order valence-corrected chi connectivity index (χ1v) is 6.77. The van der Waals surface area contributed by atoms with Crippen molar-refractivity contribution in [1.82, 2.24) is 4.98 Å². The summed E-state index contributed by atoms with van der Waals surface area (Å²) in [6, 6.07) is 3.54. The second-order valence-corrected chi connectivity index (χ2v) is 5.57. The van der Waals surface area contributed by atoms with Crippen molar-refractivity contribution in [2.75, 3.05) is 0 Å². The van der Waals surface area contributed by atoms with E-state index >= 15 is 0 Å². The van der Waals surface area contributed by atoms with E-state index < -0.39 is 10.9 Å². The molecule has 0 saturated carbocycles. The molecule has 0 aliphatic carbocycles. The maximum atomic E-state index is 11.0. The average Bonchev–Trinajstić information content (AvgIpc) is 2.75. The van der Waals surface area contributed by atoms with Gasteiger partial charge in [0.15, 0.2) is 5.75 Å². The highest BCUT2D eigenvalue weighted by molar-refractivity contribution is 7.11. The minimum absolute atomic E-state index is 0.0236. The van der Waals surface area contributed by atoms with E-state index in [4.69, 9.17) is 9.84 Å². The van der Waals surface area contributed by atoms with Crippen LogP contribution >= 0.6 is 11.3 Å². The van der Waals surface area contributed by atoms with E-state index in [1.54, 1.807) is 0 Å². The average molecular weight is 308 g/mol. The van der Waals surface area contributed by atoms with Gasteiger partial charge in [-0.1, -0.05) is 0 Å². The summed E-state index contributed by atoms with van der Waals surface area (Å²) < 4.78 is 5.40. The quantitative estimate of drug-likeness (QED) is 0.673. The highest BCUT2D eigenvalue weighted by atomic mass is 32.1. The van der Waals surface area contributed by atoms with Crippen LogP contribution in [0.15, 0.2) is 18.2 Å². The number of carbonyl (C=O) groups is 1. The number of aromatic carboxylic acids is 1. The van der Waals surface area contributed by atoms with Crippen LogP contribution in [0.25, 0.3) is 0 Å². The lowest BCUT2D eigenvalue weighted by atomic mass is 10.2. The third-order valence-electron chi connectivity index (χ3n) is 2.83. The SMILES string of the molecule is Cc1nc(COc2ccc(C(=O)O)cc2[N+](=O)[O-])sc1C. The molecule has 1 N–H and O–H groups in total. The summed E-state index contributed by atoms with van der Waals surface area (Å²) >= 11 is 1.46. The van der Waals surface area contributed by atoms with E-state index in [2.05, 4.69) is 4.98 Å². The first-order chi connectivity index (χ1) is 9.88. The zero-order valence-corrected chi connectivity index (χ0v) is 12.1. The Morgan fingerprint density at radius 3 is 2.71 bits per heavy atom. The van der Waals surface area contributed by atoms with Gasteiger partial charge in [-0.15, -0.1) is 11.3 Å². The van der Waals surface area contributed by atoms with Crippen molar-refractivity contribution >= 4 is 23.0 Å². The Bertz CT molecular complexity index is 691. The lowest BCUT2D eigenvalue weighted by Crippen LogP contribution is -2.02. The van der Waals surface area contributed by atoms with E-state index in [1.807, 2.05) is 13.8 Å². The van der Waals surface area contributed by atoms with Crippen LogP contribution in [0.3, 0.4) is 0 Å². The number of nitro groups is 1. The summed E-state index contributed by atoms with van der Waals surface area (Å²) in [7, 11) is 0. The van der Waals surface area contributed by atoms with E-state index in [0.717, 1.165) is 16.6 Å². The van der Waals surface area contributed by atoms with Crippen LogP contribution in [-0.4, -0.2) is 21.0 Å². The second kappa shape index (κ2) is 5.88. The Hall–Kier alpha value is -2.48. The third kappa shape index (κ3) is 3.34. The summed E-state index contributed by atoms with van der Waals surface area (Å²) in [6.07, 6.45) is 0. The standard InChI is InChI=1S/C13H12N2O5S/c1-7-8(2)21-12(14-7)6-20-11-4-3-9(13(16)17)5-10(11)15(18)19/h3-5H,6H2,1-2H3,(H,16,17). The molecular weight excluding hydrogens is 296 g/mol. The maximum Gasteiger partial charge on any atom is 0.335 e. The van der Waals surface area contributed by atoms with Gasteiger partial charge in [0.25, 0.3) is 0 Å². The fourth-order valence-corrected chi connectivity index (χ4v) is 2.50. The van der Waals surface area contributed by atoms with Crippen molar-refractivity contribution in [3.63, 3.8) is 0 Å². The molecule has 0 saturated heterocycles. The molecule has 1 heterocycles. The molecule has 0 amide bonds. The van der Waals surface area contributed by atoms with Crippen LogP contribution in [0, 0.1) is 24.0 Å². The first kappa shape index (κ1) is 14.9. The summed E-state index contributed by atoms with van der Waals surface area (Å²) in [5.41, 5.74) is 0.365. The minimum atomic E-state index is -1.23. The fraction of sp³-hybridized carbons (Fsp3) is 0.231.